The molecule has 0 radical (unpaired) electrons. The Hall–Kier alpha value is -0.860. The topological polar surface area (TPSA) is 43.4 Å². The van der Waals surface area contributed by atoms with Crippen molar-refractivity contribution in [2.24, 2.45) is 5.92 Å². The fourth-order valence-electron chi connectivity index (χ4n) is 1.82. The summed E-state index contributed by atoms with van der Waals surface area (Å²) in [5.74, 6) is 0.537. The van der Waals surface area contributed by atoms with Crippen LogP contribution in [0.5, 0.6) is 0 Å². The summed E-state index contributed by atoms with van der Waals surface area (Å²) in [5.41, 5.74) is -0.401. The molecule has 1 fully saturated rings. The Morgan fingerprint density at radius 1 is 1.33 bits per heavy atom. The minimum absolute atomic E-state index is 0.137. The second-order valence-electron chi connectivity index (χ2n) is 5.27. The van der Waals surface area contributed by atoms with Crippen LogP contribution in [0.2, 0.25) is 0 Å². The van der Waals surface area contributed by atoms with Gasteiger partial charge in [-0.2, -0.15) is 0 Å². The van der Waals surface area contributed by atoms with Crippen molar-refractivity contribution in [3.8, 4) is 0 Å². The third kappa shape index (κ3) is 4.96. The van der Waals surface area contributed by atoms with E-state index in [9.17, 15) is 9.59 Å². The first kappa shape index (κ1) is 12.2. The van der Waals surface area contributed by atoms with Crippen molar-refractivity contribution < 1.29 is 14.3 Å². The first-order valence-corrected chi connectivity index (χ1v) is 5.60. The monoisotopic (exact) mass is 212 g/mol. The summed E-state index contributed by atoms with van der Waals surface area (Å²) >= 11 is 0. The highest BCUT2D eigenvalue weighted by atomic mass is 16.6. The molecular weight excluding hydrogens is 192 g/mol. The van der Waals surface area contributed by atoms with Crippen LogP contribution in [-0.4, -0.2) is 17.4 Å². The van der Waals surface area contributed by atoms with Gasteiger partial charge in [-0.25, -0.2) is 0 Å². The molecule has 0 atom stereocenters. The van der Waals surface area contributed by atoms with E-state index in [1.54, 1.807) is 0 Å². The van der Waals surface area contributed by atoms with Gasteiger partial charge in [0.05, 0.1) is 0 Å². The van der Waals surface area contributed by atoms with Crippen LogP contribution < -0.4 is 0 Å². The molecule has 86 valence electrons. The molecule has 0 unspecified atom stereocenters. The van der Waals surface area contributed by atoms with Gasteiger partial charge in [-0.1, -0.05) is 0 Å². The lowest BCUT2D eigenvalue weighted by molar-refractivity contribution is -0.156. The normalized spacial score (nSPS) is 19.0. The quantitative estimate of drug-likeness (QED) is 0.660. The largest absolute Gasteiger partial charge is 0.460 e. The van der Waals surface area contributed by atoms with Crippen LogP contribution in [0.3, 0.4) is 0 Å². The van der Waals surface area contributed by atoms with Crippen LogP contribution >= 0.6 is 0 Å². The van der Waals surface area contributed by atoms with E-state index in [1.807, 2.05) is 20.8 Å². The maximum absolute atomic E-state index is 11.5. The molecule has 0 aromatic heterocycles. The van der Waals surface area contributed by atoms with Crippen LogP contribution in [0.4, 0.5) is 0 Å². The Morgan fingerprint density at radius 3 is 2.33 bits per heavy atom. The minimum atomic E-state index is -0.401. The zero-order valence-corrected chi connectivity index (χ0v) is 9.84. The van der Waals surface area contributed by atoms with Crippen molar-refractivity contribution in [1.82, 2.24) is 0 Å². The van der Waals surface area contributed by atoms with E-state index in [4.69, 9.17) is 4.74 Å². The van der Waals surface area contributed by atoms with E-state index in [1.165, 1.54) is 0 Å². The lowest BCUT2D eigenvalue weighted by atomic mass is 9.86. The Bertz CT molecular complexity index is 240. The number of hydrogen-bond donors (Lipinski definition) is 0. The third-order valence-electron chi connectivity index (χ3n) is 2.54. The van der Waals surface area contributed by atoms with Gasteiger partial charge >= 0.3 is 5.97 Å². The summed E-state index contributed by atoms with van der Waals surface area (Å²) < 4.78 is 5.24. The molecule has 0 aromatic carbocycles. The summed E-state index contributed by atoms with van der Waals surface area (Å²) in [5, 5.41) is 0. The van der Waals surface area contributed by atoms with Crippen LogP contribution in [0.25, 0.3) is 0 Å². The zero-order valence-electron chi connectivity index (χ0n) is 9.84. The SMILES string of the molecule is CC(C)(C)OC(=O)CC1CCC(=O)CC1. The van der Waals surface area contributed by atoms with Gasteiger partial charge in [-0.3, -0.25) is 9.59 Å². The van der Waals surface area contributed by atoms with E-state index in [-0.39, 0.29) is 5.97 Å². The van der Waals surface area contributed by atoms with Crippen molar-refractivity contribution in [3.05, 3.63) is 0 Å². The summed E-state index contributed by atoms with van der Waals surface area (Å²) in [6.07, 6.45) is 3.42. The number of carbonyl (C=O) groups is 2. The van der Waals surface area contributed by atoms with Gasteiger partial charge in [0.15, 0.2) is 0 Å². The highest BCUT2D eigenvalue weighted by molar-refractivity contribution is 5.79. The molecule has 0 spiro atoms. The molecule has 0 aromatic rings. The second kappa shape index (κ2) is 4.77. The van der Waals surface area contributed by atoms with E-state index in [0.717, 1.165) is 12.8 Å². The highest BCUT2D eigenvalue weighted by Crippen LogP contribution is 2.25. The summed E-state index contributed by atoms with van der Waals surface area (Å²) in [7, 11) is 0. The van der Waals surface area contributed by atoms with Gasteiger partial charge in [0.2, 0.25) is 0 Å². The van der Waals surface area contributed by atoms with Crippen LogP contribution in [0.1, 0.15) is 52.9 Å². The van der Waals surface area contributed by atoms with Crippen molar-refractivity contribution in [3.63, 3.8) is 0 Å². The molecule has 3 nitrogen and oxygen atoms in total. The fraction of sp³-hybridized carbons (Fsp3) is 0.833. The summed E-state index contributed by atoms with van der Waals surface area (Å²) in [4.78, 5) is 22.5. The molecule has 0 saturated heterocycles. The second-order valence-corrected chi connectivity index (χ2v) is 5.27. The van der Waals surface area contributed by atoms with Crippen molar-refractivity contribution in [2.45, 2.75) is 58.5 Å². The van der Waals surface area contributed by atoms with Gasteiger partial charge < -0.3 is 4.74 Å². The minimum Gasteiger partial charge on any atom is -0.460 e. The Balaban J connectivity index is 2.29. The van der Waals surface area contributed by atoms with Gasteiger partial charge in [0.1, 0.15) is 11.4 Å². The Kier molecular flexibility index (Phi) is 3.89. The Labute approximate surface area is 91.2 Å². The van der Waals surface area contributed by atoms with Gasteiger partial charge in [-0.15, -0.1) is 0 Å². The number of ether oxygens (including phenoxy) is 1. The molecule has 1 aliphatic carbocycles. The molecule has 0 aliphatic heterocycles. The standard InChI is InChI=1S/C12H20O3/c1-12(2,3)15-11(14)8-9-4-6-10(13)7-5-9/h9H,4-8H2,1-3H3. The van der Waals surface area contributed by atoms with Crippen molar-refractivity contribution in [2.75, 3.05) is 0 Å². The average molecular weight is 212 g/mol. The van der Waals surface area contributed by atoms with Crippen molar-refractivity contribution >= 4 is 11.8 Å². The lowest BCUT2D eigenvalue weighted by Crippen LogP contribution is -2.26. The number of Topliss-reactive ketones (excluding diaryl/α,β-unsaturated/α-hetero) is 1. The maximum atomic E-state index is 11.5. The smallest absolute Gasteiger partial charge is 0.306 e. The maximum Gasteiger partial charge on any atom is 0.306 e. The van der Waals surface area contributed by atoms with Crippen LogP contribution in [0, 0.1) is 5.92 Å². The number of hydrogen-bond acceptors (Lipinski definition) is 3. The number of ketones is 1. The molecule has 1 rings (SSSR count). The highest BCUT2D eigenvalue weighted by Gasteiger charge is 2.24. The fourth-order valence-corrected chi connectivity index (χ4v) is 1.82. The van der Waals surface area contributed by atoms with Crippen LogP contribution in [0.15, 0.2) is 0 Å². The molecule has 0 bridgehead atoms. The first-order valence-electron chi connectivity index (χ1n) is 5.60. The first-order chi connectivity index (χ1) is 6.87. The summed E-state index contributed by atoms with van der Waals surface area (Å²) in [6.45, 7) is 5.61. The molecule has 15 heavy (non-hydrogen) atoms. The third-order valence-corrected chi connectivity index (χ3v) is 2.54. The number of rotatable bonds is 2. The zero-order chi connectivity index (χ0) is 11.5. The molecular formula is C12H20O3. The average Bonchev–Trinajstić information content (AvgIpc) is 2.05. The molecule has 1 saturated carbocycles. The number of esters is 1. The van der Waals surface area contributed by atoms with E-state index < -0.39 is 5.60 Å². The van der Waals surface area contributed by atoms with E-state index >= 15 is 0 Å². The van der Waals surface area contributed by atoms with E-state index in [0.29, 0.717) is 31.0 Å². The van der Waals surface area contributed by atoms with Gasteiger partial charge in [0, 0.05) is 19.3 Å². The molecule has 1 aliphatic rings. The van der Waals surface area contributed by atoms with Crippen LogP contribution in [-0.2, 0) is 14.3 Å². The molecule has 0 N–H and O–H groups in total. The van der Waals surface area contributed by atoms with Crippen molar-refractivity contribution in [1.29, 1.82) is 0 Å². The summed E-state index contributed by atoms with van der Waals surface area (Å²) in [6, 6.07) is 0. The molecule has 0 amide bonds. The molecule has 0 heterocycles. The number of carbonyl (C=O) groups excluding carboxylic acids is 2. The molecule has 3 heteroatoms. The lowest BCUT2D eigenvalue weighted by Gasteiger charge is -2.23. The van der Waals surface area contributed by atoms with Gasteiger partial charge in [0.25, 0.3) is 0 Å². The Morgan fingerprint density at radius 2 is 1.87 bits per heavy atom. The van der Waals surface area contributed by atoms with E-state index in [2.05, 4.69) is 0 Å². The van der Waals surface area contributed by atoms with Gasteiger partial charge in [-0.05, 0) is 39.5 Å². The predicted molar refractivity (Wildman–Crippen MR) is 57.4 cm³/mol. The predicted octanol–water partition coefficient (Wildman–Crippen LogP) is 2.48.